The van der Waals surface area contributed by atoms with E-state index in [1.807, 2.05) is 73.8 Å². The van der Waals surface area contributed by atoms with Crippen molar-refractivity contribution in [2.45, 2.75) is 23.9 Å². The van der Waals surface area contributed by atoms with Gasteiger partial charge in [0.1, 0.15) is 29.8 Å². The molecule has 2 bridgehead atoms. The number of fused-ring (bicyclic) bond motifs is 1. The minimum absolute atomic E-state index is 0.126. The molecule has 3 fully saturated rings. The first-order valence-electron chi connectivity index (χ1n) is 12.4. The second-order valence-corrected chi connectivity index (χ2v) is 16.8. The van der Waals surface area contributed by atoms with Gasteiger partial charge in [-0.05, 0) is 92.4 Å². The van der Waals surface area contributed by atoms with Gasteiger partial charge in [-0.1, -0.05) is 0 Å². The smallest absolute Gasteiger partial charge is 0.344 e. The van der Waals surface area contributed by atoms with Crippen molar-refractivity contribution in [1.29, 1.82) is 0 Å². The van der Waals surface area contributed by atoms with Gasteiger partial charge in [0, 0.05) is 34.7 Å². The monoisotopic (exact) mass is 989 g/mol. The molecule has 0 aromatic heterocycles. The van der Waals surface area contributed by atoms with Crippen LogP contribution in [0.2, 0.25) is 0 Å². The SMILES string of the molecule is O=C(OC1C2CC3C1OS(=O)(=O)C3C2C(=O)OCCS(=O)(=O)O)c1ccc([N+](=O)[O-])c(OC(=O)c2cc(I)cc(I)c2I)c1. The number of esters is 3. The number of carbonyl (C=O) groups excluding carboxylic acids is 3. The Labute approximate surface area is 290 Å². The number of nitro benzene ring substituents is 1. The van der Waals surface area contributed by atoms with Crippen LogP contribution in [0.15, 0.2) is 30.3 Å². The molecule has 5 rings (SSSR count). The molecule has 1 heterocycles. The maximum Gasteiger partial charge on any atom is 0.344 e. The summed E-state index contributed by atoms with van der Waals surface area (Å²) in [5.41, 5.74) is -0.724. The lowest BCUT2D eigenvalue weighted by atomic mass is 9.84. The molecule has 0 radical (unpaired) electrons. The second-order valence-electron chi connectivity index (χ2n) is 10.0. The molecule has 2 aromatic carbocycles. The first-order chi connectivity index (χ1) is 20.5. The van der Waals surface area contributed by atoms with Crippen molar-refractivity contribution in [1.82, 2.24) is 0 Å². The van der Waals surface area contributed by atoms with Crippen molar-refractivity contribution >= 4 is 112 Å². The Morgan fingerprint density at radius 3 is 2.45 bits per heavy atom. The summed E-state index contributed by atoms with van der Waals surface area (Å²) < 4.78 is 79.5. The standard InChI is InChI=1S/C24H18I3NO14S2/c25-10-6-12(18(27)14(26)7-10)23(30)40-16-5-9(1-2-15(16)28(32)33)22(29)41-19-11-8-13-20(19)42-44(37,38)21(13)17(11)24(31)39-3-4-43(34,35)36/h1-2,5-7,11,13,17,19-21H,3-4,8H2,(H,34,35,36). The molecule has 0 spiro atoms. The predicted molar refractivity (Wildman–Crippen MR) is 172 cm³/mol. The van der Waals surface area contributed by atoms with E-state index in [9.17, 15) is 41.3 Å². The summed E-state index contributed by atoms with van der Waals surface area (Å²) in [4.78, 5) is 50.0. The van der Waals surface area contributed by atoms with Crippen LogP contribution in [0.4, 0.5) is 5.69 Å². The molecule has 236 valence electrons. The zero-order valence-electron chi connectivity index (χ0n) is 21.6. The molecule has 3 aliphatic rings. The van der Waals surface area contributed by atoms with E-state index < -0.39 is 102 Å². The normalized spacial score (nSPS) is 26.3. The molecule has 20 heteroatoms. The Hall–Kier alpha value is -1.74. The van der Waals surface area contributed by atoms with E-state index in [1.54, 1.807) is 6.07 Å². The van der Waals surface area contributed by atoms with E-state index >= 15 is 0 Å². The van der Waals surface area contributed by atoms with E-state index in [1.165, 1.54) is 0 Å². The topological polar surface area (TPSA) is 220 Å². The van der Waals surface area contributed by atoms with Gasteiger partial charge in [-0.25, -0.2) is 9.59 Å². The highest BCUT2D eigenvalue weighted by Crippen LogP contribution is 2.58. The van der Waals surface area contributed by atoms with Crippen molar-refractivity contribution in [3.63, 3.8) is 0 Å². The third-order valence-corrected chi connectivity index (χ3v) is 13.6. The summed E-state index contributed by atoms with van der Waals surface area (Å²) in [7, 11) is -8.73. The van der Waals surface area contributed by atoms with Crippen LogP contribution in [0, 0.1) is 38.6 Å². The number of halogens is 3. The summed E-state index contributed by atoms with van der Waals surface area (Å²) in [5, 5.41) is 10.4. The highest BCUT2D eigenvalue weighted by molar-refractivity contribution is 14.1. The molecule has 15 nitrogen and oxygen atoms in total. The number of ether oxygens (including phenoxy) is 3. The van der Waals surface area contributed by atoms with Crippen LogP contribution in [-0.2, 0) is 38.7 Å². The molecule has 1 N–H and O–H groups in total. The Morgan fingerprint density at radius 1 is 1.09 bits per heavy atom. The molecule has 6 unspecified atom stereocenters. The zero-order valence-corrected chi connectivity index (χ0v) is 29.7. The van der Waals surface area contributed by atoms with Crippen LogP contribution >= 0.6 is 67.8 Å². The largest absolute Gasteiger partial charge is 0.464 e. The number of hydrogen-bond donors (Lipinski definition) is 1. The molecule has 1 aliphatic heterocycles. The molecular formula is C24H18I3NO14S2. The number of carbonyl (C=O) groups is 3. The molecule has 2 aromatic rings. The van der Waals surface area contributed by atoms with E-state index in [0.29, 0.717) is 3.57 Å². The van der Waals surface area contributed by atoms with E-state index in [-0.39, 0.29) is 17.5 Å². The average molecular weight is 989 g/mol. The highest BCUT2D eigenvalue weighted by Gasteiger charge is 2.72. The maximum atomic E-state index is 13.3. The van der Waals surface area contributed by atoms with Crippen LogP contribution in [0.25, 0.3) is 0 Å². The molecule has 6 atom stereocenters. The lowest BCUT2D eigenvalue weighted by Crippen LogP contribution is -2.46. The van der Waals surface area contributed by atoms with Crippen molar-refractivity contribution in [2.75, 3.05) is 12.4 Å². The fraction of sp³-hybridized carbons (Fsp3) is 0.375. The van der Waals surface area contributed by atoms with Crippen LogP contribution in [0.3, 0.4) is 0 Å². The summed E-state index contributed by atoms with van der Waals surface area (Å²) in [5.74, 6) is -7.37. The number of nitro groups is 1. The van der Waals surface area contributed by atoms with Gasteiger partial charge in [-0.2, -0.15) is 16.8 Å². The lowest BCUT2D eigenvalue weighted by Gasteiger charge is -2.30. The van der Waals surface area contributed by atoms with Crippen molar-refractivity contribution in [2.24, 2.45) is 17.8 Å². The minimum Gasteiger partial charge on any atom is -0.464 e. The lowest BCUT2D eigenvalue weighted by molar-refractivity contribution is -0.385. The Kier molecular flexibility index (Phi) is 9.52. The number of nitrogens with zero attached hydrogens (tertiary/aromatic N) is 1. The van der Waals surface area contributed by atoms with Gasteiger partial charge >= 0.3 is 23.6 Å². The van der Waals surface area contributed by atoms with Gasteiger partial charge in [-0.15, -0.1) is 0 Å². The summed E-state index contributed by atoms with van der Waals surface area (Å²) in [6.45, 7) is -0.725. The van der Waals surface area contributed by atoms with Crippen LogP contribution < -0.4 is 4.74 Å². The second kappa shape index (κ2) is 12.5. The van der Waals surface area contributed by atoms with Crippen LogP contribution in [-0.4, -0.2) is 74.0 Å². The zero-order chi connectivity index (χ0) is 32.3. The average Bonchev–Trinajstić information content (AvgIpc) is 3.52. The molecule has 1 saturated heterocycles. The van der Waals surface area contributed by atoms with Crippen molar-refractivity contribution < 1.29 is 59.1 Å². The van der Waals surface area contributed by atoms with Crippen LogP contribution in [0.1, 0.15) is 27.1 Å². The summed E-state index contributed by atoms with van der Waals surface area (Å²) in [6, 6.07) is 6.33. The summed E-state index contributed by atoms with van der Waals surface area (Å²) in [6.07, 6.45) is -2.21. The van der Waals surface area contributed by atoms with Gasteiger partial charge < -0.3 is 14.2 Å². The van der Waals surface area contributed by atoms with Gasteiger partial charge in [-0.3, -0.25) is 23.6 Å². The van der Waals surface area contributed by atoms with Crippen molar-refractivity contribution in [3.05, 3.63) is 62.3 Å². The Morgan fingerprint density at radius 2 is 1.80 bits per heavy atom. The van der Waals surface area contributed by atoms with Gasteiger partial charge in [0.15, 0.2) is 0 Å². The quantitative estimate of drug-likeness (QED) is 0.0559. The number of hydrogen-bond acceptors (Lipinski definition) is 13. The number of benzene rings is 2. The Balaban J connectivity index is 1.38. The number of rotatable bonds is 9. The van der Waals surface area contributed by atoms with Gasteiger partial charge in [0.2, 0.25) is 5.75 Å². The summed E-state index contributed by atoms with van der Waals surface area (Å²) >= 11 is 5.97. The fourth-order valence-corrected chi connectivity index (χ4v) is 10.4. The fourth-order valence-electron chi connectivity index (χ4n) is 5.72. The van der Waals surface area contributed by atoms with E-state index in [0.717, 1.165) is 25.3 Å². The molecule has 2 saturated carbocycles. The minimum atomic E-state index is -4.45. The Bertz CT molecular complexity index is 1820. The third kappa shape index (κ3) is 6.56. The first kappa shape index (κ1) is 33.6. The highest BCUT2D eigenvalue weighted by atomic mass is 127. The van der Waals surface area contributed by atoms with Gasteiger partial charge in [0.05, 0.1) is 22.0 Å². The van der Waals surface area contributed by atoms with Gasteiger partial charge in [0.25, 0.3) is 20.2 Å². The maximum absolute atomic E-state index is 13.3. The van der Waals surface area contributed by atoms with E-state index in [2.05, 4.69) is 0 Å². The molecule has 2 aliphatic carbocycles. The van der Waals surface area contributed by atoms with E-state index in [4.69, 9.17) is 22.9 Å². The first-order valence-corrected chi connectivity index (χ1v) is 18.7. The third-order valence-electron chi connectivity index (χ3n) is 7.44. The molecular weight excluding hydrogens is 971 g/mol. The van der Waals surface area contributed by atoms with Crippen molar-refractivity contribution in [3.8, 4) is 5.75 Å². The predicted octanol–water partition coefficient (Wildman–Crippen LogP) is 2.95. The van der Waals surface area contributed by atoms with Crippen LogP contribution in [0.5, 0.6) is 5.75 Å². The molecule has 44 heavy (non-hydrogen) atoms. The molecule has 0 amide bonds.